The number of benzene rings is 2. The van der Waals surface area contributed by atoms with Crippen LogP contribution in [0.5, 0.6) is 0 Å². The van der Waals surface area contributed by atoms with E-state index in [0.29, 0.717) is 16.4 Å². The standard InChI is InChI=1S/C20H18FN3O3S2/c1-24(2)29(26,27)17-9-7-15(8-10-17)18-13-28-20(22-18)23-19(25)11-6-14-4-3-5-16(21)12-14/h3-13H,1-2H3,(H,22,23,25)/b11-6+. The third-order valence-corrected chi connectivity index (χ3v) is 6.53. The van der Waals surface area contributed by atoms with Crippen molar-refractivity contribution < 1.29 is 17.6 Å². The highest BCUT2D eigenvalue weighted by molar-refractivity contribution is 7.89. The number of rotatable bonds is 6. The zero-order chi connectivity index (χ0) is 21.0. The molecule has 1 amide bonds. The van der Waals surface area contributed by atoms with Crippen molar-refractivity contribution in [1.82, 2.24) is 9.29 Å². The molecule has 0 aliphatic heterocycles. The van der Waals surface area contributed by atoms with Gasteiger partial charge in [0.1, 0.15) is 5.82 Å². The molecular weight excluding hydrogens is 413 g/mol. The second kappa shape index (κ2) is 8.64. The van der Waals surface area contributed by atoms with Crippen molar-refractivity contribution in [2.45, 2.75) is 4.90 Å². The lowest BCUT2D eigenvalue weighted by Crippen LogP contribution is -2.22. The Balaban J connectivity index is 1.68. The normalized spacial score (nSPS) is 11.9. The molecule has 0 atom stereocenters. The van der Waals surface area contributed by atoms with Gasteiger partial charge in [-0.3, -0.25) is 10.1 Å². The van der Waals surface area contributed by atoms with Gasteiger partial charge in [-0.25, -0.2) is 22.1 Å². The van der Waals surface area contributed by atoms with Crippen molar-refractivity contribution in [3.05, 3.63) is 71.4 Å². The molecule has 1 N–H and O–H groups in total. The zero-order valence-corrected chi connectivity index (χ0v) is 17.3. The van der Waals surface area contributed by atoms with E-state index in [0.717, 1.165) is 9.87 Å². The number of amides is 1. The fourth-order valence-electron chi connectivity index (χ4n) is 2.40. The largest absolute Gasteiger partial charge is 0.298 e. The molecule has 1 aromatic heterocycles. The van der Waals surface area contributed by atoms with Crippen molar-refractivity contribution in [2.24, 2.45) is 0 Å². The van der Waals surface area contributed by atoms with Crippen molar-refractivity contribution in [2.75, 3.05) is 19.4 Å². The molecule has 0 unspecified atom stereocenters. The average Bonchev–Trinajstić information content (AvgIpc) is 3.15. The summed E-state index contributed by atoms with van der Waals surface area (Å²) >= 11 is 1.25. The molecule has 3 rings (SSSR count). The second-order valence-corrected chi connectivity index (χ2v) is 9.24. The van der Waals surface area contributed by atoms with Crippen molar-refractivity contribution >= 4 is 38.5 Å². The molecule has 0 bridgehead atoms. The maximum absolute atomic E-state index is 13.2. The van der Waals surface area contributed by atoms with Gasteiger partial charge in [0.05, 0.1) is 10.6 Å². The van der Waals surface area contributed by atoms with Crippen LogP contribution in [0.25, 0.3) is 17.3 Å². The predicted molar refractivity (Wildman–Crippen MR) is 112 cm³/mol. The van der Waals surface area contributed by atoms with Crippen LogP contribution in [0.3, 0.4) is 0 Å². The summed E-state index contributed by atoms with van der Waals surface area (Å²) in [5, 5.41) is 4.82. The number of hydrogen-bond donors (Lipinski definition) is 1. The van der Waals surface area contributed by atoms with E-state index in [1.54, 1.807) is 29.6 Å². The number of aromatic nitrogens is 1. The van der Waals surface area contributed by atoms with Crippen LogP contribution in [0.15, 0.2) is 64.9 Å². The number of thiazole rings is 1. The summed E-state index contributed by atoms with van der Waals surface area (Å²) in [5.74, 6) is -0.760. The van der Waals surface area contributed by atoms with Crippen LogP contribution < -0.4 is 5.32 Å². The maximum atomic E-state index is 13.2. The number of nitrogens with zero attached hydrogens (tertiary/aromatic N) is 2. The molecule has 0 fully saturated rings. The number of sulfonamides is 1. The lowest BCUT2D eigenvalue weighted by atomic mass is 10.2. The summed E-state index contributed by atoms with van der Waals surface area (Å²) in [6, 6.07) is 12.3. The van der Waals surface area contributed by atoms with Crippen LogP contribution in [0.4, 0.5) is 9.52 Å². The monoisotopic (exact) mass is 431 g/mol. The summed E-state index contributed by atoms with van der Waals surface area (Å²) in [4.78, 5) is 16.6. The van der Waals surface area contributed by atoms with Crippen LogP contribution in [0.1, 0.15) is 5.56 Å². The first kappa shape index (κ1) is 20.8. The van der Waals surface area contributed by atoms with Crippen molar-refractivity contribution in [3.8, 4) is 11.3 Å². The fraction of sp³-hybridized carbons (Fsp3) is 0.100. The van der Waals surface area contributed by atoms with Crippen LogP contribution in [0, 0.1) is 5.82 Å². The van der Waals surface area contributed by atoms with E-state index in [1.807, 2.05) is 0 Å². The smallest absolute Gasteiger partial charge is 0.250 e. The van der Waals surface area contributed by atoms with Gasteiger partial charge in [0, 0.05) is 31.1 Å². The third kappa shape index (κ3) is 5.14. The van der Waals surface area contributed by atoms with Gasteiger partial charge >= 0.3 is 0 Å². The quantitative estimate of drug-likeness (QED) is 0.601. The van der Waals surface area contributed by atoms with Crippen LogP contribution >= 0.6 is 11.3 Å². The Bertz CT molecular complexity index is 1150. The minimum atomic E-state index is -3.49. The van der Waals surface area contributed by atoms with E-state index < -0.39 is 10.0 Å². The second-order valence-electron chi connectivity index (χ2n) is 6.23. The van der Waals surface area contributed by atoms with E-state index in [2.05, 4.69) is 10.3 Å². The fourth-order valence-corrected chi connectivity index (χ4v) is 4.03. The Kier molecular flexibility index (Phi) is 6.21. The van der Waals surface area contributed by atoms with Gasteiger partial charge in [-0.1, -0.05) is 24.3 Å². The van der Waals surface area contributed by atoms with E-state index in [-0.39, 0.29) is 16.6 Å². The Morgan fingerprint density at radius 2 is 1.90 bits per heavy atom. The van der Waals surface area contributed by atoms with E-state index in [1.165, 1.54) is 61.8 Å². The molecule has 150 valence electrons. The minimum Gasteiger partial charge on any atom is -0.298 e. The van der Waals surface area contributed by atoms with Gasteiger partial charge in [0.25, 0.3) is 0 Å². The number of carbonyl (C=O) groups excluding carboxylic acids is 1. The average molecular weight is 432 g/mol. The van der Waals surface area contributed by atoms with Gasteiger partial charge in [-0.15, -0.1) is 11.3 Å². The molecule has 9 heteroatoms. The number of nitrogens with one attached hydrogen (secondary N) is 1. The van der Waals surface area contributed by atoms with Gasteiger partial charge in [0.15, 0.2) is 5.13 Å². The molecule has 0 saturated heterocycles. The zero-order valence-electron chi connectivity index (χ0n) is 15.7. The first-order chi connectivity index (χ1) is 13.8. The van der Waals surface area contributed by atoms with Crippen molar-refractivity contribution in [3.63, 3.8) is 0 Å². The summed E-state index contributed by atoms with van der Waals surface area (Å²) in [5.41, 5.74) is 1.93. The maximum Gasteiger partial charge on any atom is 0.250 e. The highest BCUT2D eigenvalue weighted by Gasteiger charge is 2.17. The van der Waals surface area contributed by atoms with Gasteiger partial charge < -0.3 is 0 Å². The SMILES string of the molecule is CN(C)S(=O)(=O)c1ccc(-c2csc(NC(=O)/C=C/c3cccc(F)c3)n2)cc1. The lowest BCUT2D eigenvalue weighted by molar-refractivity contribution is -0.111. The third-order valence-electron chi connectivity index (χ3n) is 3.94. The molecule has 0 aliphatic rings. The van der Waals surface area contributed by atoms with Gasteiger partial charge in [0.2, 0.25) is 15.9 Å². The number of halogens is 1. The predicted octanol–water partition coefficient (Wildman–Crippen LogP) is 3.85. The Morgan fingerprint density at radius 1 is 1.17 bits per heavy atom. The highest BCUT2D eigenvalue weighted by Crippen LogP contribution is 2.26. The number of anilines is 1. The summed E-state index contributed by atoms with van der Waals surface area (Å²) in [7, 11) is -0.544. The molecule has 0 spiro atoms. The number of hydrogen-bond acceptors (Lipinski definition) is 5. The van der Waals surface area contributed by atoms with Gasteiger partial charge in [-0.05, 0) is 35.9 Å². The van der Waals surface area contributed by atoms with Crippen LogP contribution in [-0.4, -0.2) is 37.7 Å². The Morgan fingerprint density at radius 3 is 2.55 bits per heavy atom. The molecule has 6 nitrogen and oxygen atoms in total. The lowest BCUT2D eigenvalue weighted by Gasteiger charge is -2.11. The topological polar surface area (TPSA) is 79.4 Å². The Labute approximate surface area is 172 Å². The summed E-state index contributed by atoms with van der Waals surface area (Å²) < 4.78 is 38.6. The van der Waals surface area contributed by atoms with Crippen molar-refractivity contribution in [1.29, 1.82) is 0 Å². The van der Waals surface area contributed by atoms with E-state index in [9.17, 15) is 17.6 Å². The molecule has 0 radical (unpaired) electrons. The minimum absolute atomic E-state index is 0.192. The molecule has 2 aromatic carbocycles. The number of carbonyl (C=O) groups is 1. The Hall–Kier alpha value is -2.88. The molecule has 0 saturated carbocycles. The van der Waals surface area contributed by atoms with Crippen LogP contribution in [0.2, 0.25) is 0 Å². The highest BCUT2D eigenvalue weighted by atomic mass is 32.2. The molecule has 29 heavy (non-hydrogen) atoms. The first-order valence-corrected chi connectivity index (χ1v) is 10.8. The summed E-state index contributed by atoms with van der Waals surface area (Å²) in [6.07, 6.45) is 2.81. The molecule has 0 aliphatic carbocycles. The van der Waals surface area contributed by atoms with E-state index >= 15 is 0 Å². The van der Waals surface area contributed by atoms with E-state index in [4.69, 9.17) is 0 Å². The first-order valence-electron chi connectivity index (χ1n) is 8.49. The molecular formula is C20H18FN3O3S2. The summed E-state index contributed by atoms with van der Waals surface area (Å²) in [6.45, 7) is 0. The molecule has 1 heterocycles. The van der Waals surface area contributed by atoms with Crippen LogP contribution in [-0.2, 0) is 14.8 Å². The molecule has 3 aromatic rings. The van der Waals surface area contributed by atoms with Gasteiger partial charge in [-0.2, -0.15) is 0 Å².